The number of anilines is 1. The number of rotatable bonds is 5. The summed E-state index contributed by atoms with van der Waals surface area (Å²) in [7, 11) is 0. The van der Waals surface area contributed by atoms with E-state index in [-0.39, 0.29) is 5.78 Å². The molecule has 31 heavy (non-hydrogen) atoms. The minimum absolute atomic E-state index is 0.0590. The number of aliphatic imine (C=N–C) groups is 1. The van der Waals surface area contributed by atoms with Crippen molar-refractivity contribution in [2.45, 2.75) is 54.4 Å². The molecule has 4 nitrogen and oxygen atoms in total. The standard InChI is InChI=1S/C27H31N3O/c1-7-24-19(4)13-26(30-23-12-11-20(5)28-16-23)29-15-22(24)14-25(21(6)31)27-17(2)9-8-10-18(27)3/h8-12,14-16H,7,13H2,1-6H3,(H,29,30)/b25-14+. The van der Waals surface area contributed by atoms with E-state index in [9.17, 15) is 4.79 Å². The van der Waals surface area contributed by atoms with Crippen molar-refractivity contribution in [2.75, 3.05) is 5.32 Å². The van der Waals surface area contributed by atoms with Gasteiger partial charge in [-0.3, -0.25) is 9.78 Å². The Morgan fingerprint density at radius 1 is 1.10 bits per heavy atom. The van der Waals surface area contributed by atoms with Gasteiger partial charge < -0.3 is 5.32 Å². The topological polar surface area (TPSA) is 54.4 Å². The van der Waals surface area contributed by atoms with E-state index in [4.69, 9.17) is 4.99 Å². The predicted octanol–water partition coefficient (Wildman–Crippen LogP) is 6.50. The first-order chi connectivity index (χ1) is 14.8. The maximum atomic E-state index is 12.7. The summed E-state index contributed by atoms with van der Waals surface area (Å²) in [6.07, 6.45) is 7.32. The number of ketones is 1. The van der Waals surface area contributed by atoms with Crippen molar-refractivity contribution in [2.24, 2.45) is 4.99 Å². The number of allylic oxidation sites excluding steroid dienone is 4. The van der Waals surface area contributed by atoms with Crippen molar-refractivity contribution in [1.29, 1.82) is 0 Å². The molecule has 0 saturated heterocycles. The molecule has 0 radical (unpaired) electrons. The lowest BCUT2D eigenvalue weighted by Gasteiger charge is -2.15. The SMILES string of the molecule is CCC1=C(C)CC(Nc2ccc(C)nc2)=NC=C1/C=C(\C(C)=O)c1c(C)cccc1C. The summed E-state index contributed by atoms with van der Waals surface area (Å²) in [5.74, 6) is 0.928. The first kappa shape index (κ1) is 22.4. The van der Waals surface area contributed by atoms with Gasteiger partial charge in [-0.15, -0.1) is 0 Å². The van der Waals surface area contributed by atoms with Crippen LogP contribution < -0.4 is 5.32 Å². The van der Waals surface area contributed by atoms with Crippen molar-refractivity contribution in [3.63, 3.8) is 0 Å². The lowest BCUT2D eigenvalue weighted by molar-refractivity contribution is -0.111. The Morgan fingerprint density at radius 3 is 2.39 bits per heavy atom. The fraction of sp³-hybridized carbons (Fsp3) is 0.296. The van der Waals surface area contributed by atoms with E-state index in [1.807, 2.05) is 43.6 Å². The number of aryl methyl sites for hydroxylation is 3. The summed E-state index contributed by atoms with van der Waals surface area (Å²) >= 11 is 0. The van der Waals surface area contributed by atoms with E-state index in [1.54, 1.807) is 6.92 Å². The monoisotopic (exact) mass is 413 g/mol. The van der Waals surface area contributed by atoms with E-state index in [0.29, 0.717) is 0 Å². The zero-order valence-electron chi connectivity index (χ0n) is 19.3. The largest absolute Gasteiger partial charge is 0.342 e. The molecule has 4 heteroatoms. The van der Waals surface area contributed by atoms with E-state index < -0.39 is 0 Å². The van der Waals surface area contributed by atoms with E-state index >= 15 is 0 Å². The highest BCUT2D eigenvalue weighted by Crippen LogP contribution is 2.31. The van der Waals surface area contributed by atoms with E-state index in [0.717, 1.165) is 57.9 Å². The summed E-state index contributed by atoms with van der Waals surface area (Å²) in [4.78, 5) is 21.7. The molecule has 0 saturated carbocycles. The van der Waals surface area contributed by atoms with Gasteiger partial charge in [0.15, 0.2) is 5.78 Å². The van der Waals surface area contributed by atoms with Crippen molar-refractivity contribution < 1.29 is 4.79 Å². The Labute approximate surface area is 185 Å². The zero-order valence-corrected chi connectivity index (χ0v) is 19.3. The van der Waals surface area contributed by atoms with Crippen LogP contribution in [0.4, 0.5) is 5.69 Å². The number of aromatic nitrogens is 1. The molecule has 2 aromatic rings. The molecule has 0 spiro atoms. The predicted molar refractivity (Wildman–Crippen MR) is 130 cm³/mol. The number of Topliss-reactive ketones (excluding diaryl/α,β-unsaturated/α-hetero) is 1. The normalized spacial score (nSPS) is 14.7. The molecule has 1 aliphatic rings. The van der Waals surface area contributed by atoms with Gasteiger partial charge >= 0.3 is 0 Å². The molecule has 3 rings (SSSR count). The molecule has 0 aliphatic carbocycles. The van der Waals surface area contributed by atoms with Crippen LogP contribution in [0, 0.1) is 20.8 Å². The summed E-state index contributed by atoms with van der Waals surface area (Å²) < 4.78 is 0. The van der Waals surface area contributed by atoms with Gasteiger partial charge in [0.2, 0.25) is 0 Å². The van der Waals surface area contributed by atoms with Gasteiger partial charge in [0.25, 0.3) is 0 Å². The van der Waals surface area contributed by atoms with Crippen molar-refractivity contribution >= 4 is 22.9 Å². The lowest BCUT2D eigenvalue weighted by atomic mass is 9.89. The third-order valence-electron chi connectivity index (χ3n) is 5.64. The summed E-state index contributed by atoms with van der Waals surface area (Å²) in [5, 5.41) is 3.39. The maximum Gasteiger partial charge on any atom is 0.160 e. The second-order valence-electron chi connectivity index (χ2n) is 8.14. The molecular formula is C27H31N3O. The number of benzene rings is 1. The first-order valence-corrected chi connectivity index (χ1v) is 10.7. The Bertz CT molecular complexity index is 1100. The van der Waals surface area contributed by atoms with Gasteiger partial charge in [0.1, 0.15) is 5.84 Å². The second-order valence-corrected chi connectivity index (χ2v) is 8.14. The summed E-state index contributed by atoms with van der Waals surface area (Å²) in [6, 6.07) is 10.1. The van der Waals surface area contributed by atoms with Gasteiger partial charge in [-0.2, -0.15) is 0 Å². The van der Waals surface area contributed by atoms with Gasteiger partial charge in [-0.1, -0.05) is 30.7 Å². The number of pyridine rings is 1. The Kier molecular flexibility index (Phi) is 7.01. The highest BCUT2D eigenvalue weighted by atomic mass is 16.1. The van der Waals surface area contributed by atoms with Crippen LogP contribution in [0.5, 0.6) is 0 Å². The molecule has 1 aliphatic heterocycles. The Morgan fingerprint density at radius 2 is 1.81 bits per heavy atom. The Hall–Kier alpha value is -3.27. The number of hydrogen-bond acceptors (Lipinski definition) is 4. The molecular weight excluding hydrogens is 382 g/mol. The van der Waals surface area contributed by atoms with Crippen LogP contribution in [0.3, 0.4) is 0 Å². The fourth-order valence-electron chi connectivity index (χ4n) is 4.04. The number of carbonyl (C=O) groups is 1. The van der Waals surface area contributed by atoms with Crippen LogP contribution in [0.1, 0.15) is 56.0 Å². The zero-order chi connectivity index (χ0) is 22.5. The highest BCUT2D eigenvalue weighted by molar-refractivity contribution is 6.21. The average molecular weight is 414 g/mol. The molecule has 1 aromatic heterocycles. The van der Waals surface area contributed by atoms with Crippen LogP contribution >= 0.6 is 0 Å². The number of carbonyl (C=O) groups excluding carboxylic acids is 1. The first-order valence-electron chi connectivity index (χ1n) is 10.7. The van der Waals surface area contributed by atoms with Gasteiger partial charge in [0, 0.05) is 23.9 Å². The molecule has 0 fully saturated rings. The molecule has 0 unspecified atom stereocenters. The average Bonchev–Trinajstić information content (AvgIpc) is 2.86. The third-order valence-corrected chi connectivity index (χ3v) is 5.64. The quantitative estimate of drug-likeness (QED) is 0.569. The van der Waals surface area contributed by atoms with E-state index in [2.05, 4.69) is 50.1 Å². The number of amidine groups is 1. The molecule has 0 bridgehead atoms. The van der Waals surface area contributed by atoms with Gasteiger partial charge in [0.05, 0.1) is 11.9 Å². The minimum Gasteiger partial charge on any atom is -0.342 e. The van der Waals surface area contributed by atoms with Crippen LogP contribution in [0.15, 0.2) is 70.5 Å². The molecule has 0 atom stereocenters. The van der Waals surface area contributed by atoms with E-state index in [1.165, 1.54) is 11.1 Å². The maximum absolute atomic E-state index is 12.7. The molecule has 0 amide bonds. The smallest absolute Gasteiger partial charge is 0.160 e. The number of hydrogen-bond donors (Lipinski definition) is 1. The number of nitrogens with one attached hydrogen (secondary N) is 1. The van der Waals surface area contributed by atoms with Crippen LogP contribution in [0.25, 0.3) is 5.57 Å². The third kappa shape index (κ3) is 5.26. The summed E-state index contributed by atoms with van der Waals surface area (Å²) in [6.45, 7) is 12.0. The lowest BCUT2D eigenvalue weighted by Crippen LogP contribution is -2.12. The van der Waals surface area contributed by atoms with Crippen molar-refractivity contribution in [3.8, 4) is 0 Å². The highest BCUT2D eigenvalue weighted by Gasteiger charge is 2.17. The second kappa shape index (κ2) is 9.69. The summed E-state index contributed by atoms with van der Waals surface area (Å²) in [5.41, 5.74) is 9.32. The van der Waals surface area contributed by atoms with Crippen molar-refractivity contribution in [1.82, 2.24) is 4.98 Å². The fourth-order valence-corrected chi connectivity index (χ4v) is 4.04. The molecule has 2 heterocycles. The molecule has 1 aromatic carbocycles. The van der Waals surface area contributed by atoms with Gasteiger partial charge in [-0.25, -0.2) is 4.99 Å². The Balaban J connectivity index is 2.06. The molecule has 160 valence electrons. The number of nitrogens with zero attached hydrogens (tertiary/aromatic N) is 2. The van der Waals surface area contributed by atoms with Crippen molar-refractivity contribution in [3.05, 3.63) is 87.9 Å². The molecule has 1 N–H and O–H groups in total. The van der Waals surface area contributed by atoms with Crippen LogP contribution in [0.2, 0.25) is 0 Å². The van der Waals surface area contributed by atoms with Gasteiger partial charge in [-0.05, 0) is 87.1 Å². The van der Waals surface area contributed by atoms with Crippen LogP contribution in [-0.2, 0) is 4.79 Å². The minimum atomic E-state index is 0.0590. The van der Waals surface area contributed by atoms with Crippen LogP contribution in [-0.4, -0.2) is 16.6 Å².